The molecule has 5 rings (SSSR count). The first-order valence-electron chi connectivity index (χ1n) is 9.55. The van der Waals surface area contributed by atoms with Gasteiger partial charge in [0, 0.05) is 37.1 Å². The molecule has 0 saturated carbocycles. The number of H-pyrrole nitrogens is 1. The van der Waals surface area contributed by atoms with Crippen LogP contribution >= 0.6 is 0 Å². The van der Waals surface area contributed by atoms with Gasteiger partial charge >= 0.3 is 0 Å². The summed E-state index contributed by atoms with van der Waals surface area (Å²) in [4.78, 5) is 22.9. The van der Waals surface area contributed by atoms with Gasteiger partial charge in [-0.3, -0.25) is 9.48 Å². The lowest BCUT2D eigenvalue weighted by Crippen LogP contribution is -2.42. The Kier molecular flexibility index (Phi) is 3.97. The molecule has 0 fully saturated rings. The molecular weight excluding hydrogens is 373 g/mol. The minimum Gasteiger partial charge on any atom is -0.348 e. The lowest BCUT2D eigenvalue weighted by Gasteiger charge is -2.34. The summed E-state index contributed by atoms with van der Waals surface area (Å²) in [5.74, 6) is -0.507. The molecule has 8 nitrogen and oxygen atoms in total. The van der Waals surface area contributed by atoms with Crippen LogP contribution in [0.4, 0.5) is 4.39 Å². The molecule has 1 unspecified atom stereocenters. The van der Waals surface area contributed by atoms with Gasteiger partial charge in [-0.25, -0.2) is 13.9 Å². The largest absolute Gasteiger partial charge is 0.348 e. The minimum absolute atomic E-state index is 0.0532. The van der Waals surface area contributed by atoms with E-state index in [0.29, 0.717) is 29.9 Å². The van der Waals surface area contributed by atoms with Crippen molar-refractivity contribution in [2.24, 2.45) is 0 Å². The van der Waals surface area contributed by atoms with Gasteiger partial charge in [0.2, 0.25) is 0 Å². The molecule has 1 amide bonds. The summed E-state index contributed by atoms with van der Waals surface area (Å²) in [6.07, 6.45) is 5.61. The van der Waals surface area contributed by atoms with Crippen molar-refractivity contribution in [3.63, 3.8) is 0 Å². The lowest BCUT2D eigenvalue weighted by molar-refractivity contribution is 0.0672. The number of nitrogens with zero attached hydrogens (tertiary/aromatic N) is 6. The molecule has 5 heterocycles. The van der Waals surface area contributed by atoms with Crippen molar-refractivity contribution in [3.05, 3.63) is 71.6 Å². The molecule has 148 valence electrons. The summed E-state index contributed by atoms with van der Waals surface area (Å²) in [6.45, 7) is 4.46. The summed E-state index contributed by atoms with van der Waals surface area (Å²) in [5.41, 5.74) is 3.16. The van der Waals surface area contributed by atoms with Crippen LogP contribution in [0.1, 0.15) is 53.5 Å². The van der Waals surface area contributed by atoms with Crippen molar-refractivity contribution < 1.29 is 9.18 Å². The van der Waals surface area contributed by atoms with Gasteiger partial charge < -0.3 is 9.88 Å². The molecule has 1 N–H and O–H groups in total. The highest BCUT2D eigenvalue weighted by molar-refractivity contribution is 5.93. The first-order valence-corrected chi connectivity index (χ1v) is 9.55. The highest BCUT2D eigenvalue weighted by Gasteiger charge is 2.37. The molecule has 0 radical (unpaired) electrons. The Bertz CT molecular complexity index is 1200. The van der Waals surface area contributed by atoms with Gasteiger partial charge in [-0.1, -0.05) is 0 Å². The monoisotopic (exact) mass is 393 g/mol. The normalized spacial score (nSPS) is 16.6. The van der Waals surface area contributed by atoms with Crippen LogP contribution in [0.25, 0.3) is 5.52 Å². The number of nitrogens with one attached hydrogen (secondary N) is 1. The third kappa shape index (κ3) is 2.72. The number of hydrogen-bond acceptors (Lipinski definition) is 4. The maximum absolute atomic E-state index is 14.2. The number of aromatic nitrogens is 6. The first-order chi connectivity index (χ1) is 14.0. The number of aromatic amines is 1. The van der Waals surface area contributed by atoms with E-state index in [4.69, 9.17) is 0 Å². The zero-order valence-electron chi connectivity index (χ0n) is 16.1. The van der Waals surface area contributed by atoms with Crippen LogP contribution < -0.4 is 0 Å². The molecule has 29 heavy (non-hydrogen) atoms. The molecule has 1 aliphatic rings. The van der Waals surface area contributed by atoms with E-state index in [0.717, 1.165) is 11.4 Å². The SMILES string of the molecule is CC(C)n1nccc1C(=O)N1CCc2[nH]cnc2C1c1cc2c(F)cccn2n1. The molecular formula is C20H20FN7O. The fourth-order valence-electron chi connectivity index (χ4n) is 3.97. The second kappa shape index (κ2) is 6.54. The van der Waals surface area contributed by atoms with Crippen molar-refractivity contribution >= 4 is 11.4 Å². The van der Waals surface area contributed by atoms with Crippen LogP contribution in [0.5, 0.6) is 0 Å². The van der Waals surface area contributed by atoms with Crippen molar-refractivity contribution in [3.8, 4) is 0 Å². The fraction of sp³-hybridized carbons (Fsp3) is 0.300. The van der Waals surface area contributed by atoms with Crippen molar-refractivity contribution in [2.75, 3.05) is 6.54 Å². The number of carbonyl (C=O) groups is 1. The molecule has 1 atom stereocenters. The molecule has 0 spiro atoms. The summed E-state index contributed by atoms with van der Waals surface area (Å²) >= 11 is 0. The third-order valence-electron chi connectivity index (χ3n) is 5.31. The van der Waals surface area contributed by atoms with Crippen LogP contribution in [0.2, 0.25) is 0 Å². The predicted octanol–water partition coefficient (Wildman–Crippen LogP) is 2.76. The zero-order valence-corrected chi connectivity index (χ0v) is 16.1. The summed E-state index contributed by atoms with van der Waals surface area (Å²) in [7, 11) is 0. The minimum atomic E-state index is -0.507. The summed E-state index contributed by atoms with van der Waals surface area (Å²) in [5, 5.41) is 8.84. The number of rotatable bonds is 3. The molecule has 0 aromatic carbocycles. The lowest BCUT2D eigenvalue weighted by atomic mass is 9.99. The standard InChI is InChI=1S/C20H20FN7O/c1-12(2)28-16(5-7-24-28)20(29)26-9-6-14-18(23-11-22-14)19(26)15-10-17-13(21)4-3-8-27(17)25-15/h3-5,7-8,10-12,19H,6,9H2,1-2H3,(H,22,23). The van der Waals surface area contributed by atoms with E-state index in [1.54, 1.807) is 46.5 Å². The van der Waals surface area contributed by atoms with Crippen molar-refractivity contribution in [2.45, 2.75) is 32.4 Å². The van der Waals surface area contributed by atoms with Gasteiger partial charge in [0.25, 0.3) is 5.91 Å². The van der Waals surface area contributed by atoms with E-state index in [9.17, 15) is 9.18 Å². The predicted molar refractivity (Wildman–Crippen MR) is 103 cm³/mol. The van der Waals surface area contributed by atoms with Crippen LogP contribution in [0.15, 0.2) is 43.0 Å². The van der Waals surface area contributed by atoms with Gasteiger partial charge in [0.05, 0.1) is 17.7 Å². The van der Waals surface area contributed by atoms with Gasteiger partial charge in [-0.2, -0.15) is 10.2 Å². The molecule has 0 aliphatic carbocycles. The maximum atomic E-state index is 14.2. The van der Waals surface area contributed by atoms with Gasteiger partial charge in [-0.15, -0.1) is 0 Å². The zero-order chi connectivity index (χ0) is 20.1. The molecule has 0 saturated heterocycles. The average molecular weight is 393 g/mol. The Balaban J connectivity index is 1.63. The van der Waals surface area contributed by atoms with Crippen LogP contribution in [-0.2, 0) is 6.42 Å². The first kappa shape index (κ1) is 17.6. The van der Waals surface area contributed by atoms with Crippen LogP contribution in [-0.4, -0.2) is 46.7 Å². The Labute approximate surface area is 166 Å². The molecule has 1 aliphatic heterocycles. The number of fused-ring (bicyclic) bond motifs is 2. The number of amides is 1. The summed E-state index contributed by atoms with van der Waals surface area (Å²) < 4.78 is 17.5. The van der Waals surface area contributed by atoms with Crippen molar-refractivity contribution in [1.29, 1.82) is 0 Å². The second-order valence-electron chi connectivity index (χ2n) is 7.43. The van der Waals surface area contributed by atoms with Gasteiger partial charge in [0.1, 0.15) is 23.1 Å². The maximum Gasteiger partial charge on any atom is 0.273 e. The molecule has 0 bridgehead atoms. The average Bonchev–Trinajstić information content (AvgIpc) is 3.44. The fourth-order valence-corrected chi connectivity index (χ4v) is 3.97. The number of imidazole rings is 1. The molecule has 4 aromatic heterocycles. The van der Waals surface area contributed by atoms with Crippen LogP contribution in [0, 0.1) is 5.82 Å². The Hall–Kier alpha value is -3.49. The quantitative estimate of drug-likeness (QED) is 0.580. The van der Waals surface area contributed by atoms with Crippen molar-refractivity contribution in [1.82, 2.24) is 34.3 Å². The topological polar surface area (TPSA) is 84.1 Å². The van der Waals surface area contributed by atoms with E-state index in [-0.39, 0.29) is 17.8 Å². The highest BCUT2D eigenvalue weighted by atomic mass is 19.1. The molecule has 9 heteroatoms. The Morgan fingerprint density at radius 2 is 2.21 bits per heavy atom. The highest BCUT2D eigenvalue weighted by Crippen LogP contribution is 2.34. The van der Waals surface area contributed by atoms with Gasteiger partial charge in [0.15, 0.2) is 0 Å². The number of carbonyl (C=O) groups excluding carboxylic acids is 1. The van der Waals surface area contributed by atoms with E-state index < -0.39 is 6.04 Å². The van der Waals surface area contributed by atoms with E-state index >= 15 is 0 Å². The van der Waals surface area contributed by atoms with Gasteiger partial charge in [-0.05, 0) is 38.1 Å². The van der Waals surface area contributed by atoms with Crippen LogP contribution in [0.3, 0.4) is 0 Å². The molecule has 4 aromatic rings. The summed E-state index contributed by atoms with van der Waals surface area (Å²) in [6, 6.07) is 5.95. The number of halogens is 1. The second-order valence-corrected chi connectivity index (χ2v) is 7.43. The number of hydrogen-bond donors (Lipinski definition) is 1. The van der Waals surface area contributed by atoms with E-state index in [1.807, 2.05) is 13.8 Å². The smallest absolute Gasteiger partial charge is 0.273 e. The Morgan fingerprint density at radius 1 is 1.34 bits per heavy atom. The van der Waals surface area contributed by atoms with E-state index in [2.05, 4.69) is 20.2 Å². The van der Waals surface area contributed by atoms with E-state index in [1.165, 1.54) is 10.6 Å². The number of pyridine rings is 1. The third-order valence-corrected chi connectivity index (χ3v) is 5.31. The Morgan fingerprint density at radius 3 is 3.00 bits per heavy atom.